The van der Waals surface area contributed by atoms with Gasteiger partial charge in [0.15, 0.2) is 11.6 Å². The van der Waals surface area contributed by atoms with Crippen LogP contribution >= 0.6 is 0 Å². The molecule has 0 aliphatic heterocycles. The van der Waals surface area contributed by atoms with E-state index in [2.05, 4.69) is 10.6 Å². The maximum absolute atomic E-state index is 13.1. The van der Waals surface area contributed by atoms with E-state index in [1.54, 1.807) is 30.3 Å². The molecule has 0 aliphatic rings. The lowest BCUT2D eigenvalue weighted by molar-refractivity contribution is -0.120. The Labute approximate surface area is 131 Å². The van der Waals surface area contributed by atoms with Gasteiger partial charge in [-0.25, -0.2) is 8.78 Å². The van der Waals surface area contributed by atoms with Crippen molar-refractivity contribution in [2.24, 2.45) is 5.73 Å². The molecule has 0 radical (unpaired) electrons. The second-order valence-corrected chi connectivity index (χ2v) is 4.80. The van der Waals surface area contributed by atoms with E-state index in [-0.39, 0.29) is 12.2 Å². The van der Waals surface area contributed by atoms with Crippen LogP contribution in [-0.2, 0) is 9.59 Å². The number of carbonyl (C=O) groups excluding carboxylic acids is 2. The highest BCUT2D eigenvalue weighted by Crippen LogP contribution is 2.14. The maximum atomic E-state index is 13.1. The molecule has 120 valence electrons. The van der Waals surface area contributed by atoms with Crippen molar-refractivity contribution in [2.75, 3.05) is 11.9 Å². The summed E-state index contributed by atoms with van der Waals surface area (Å²) in [6.45, 7) is -0.221. The van der Waals surface area contributed by atoms with Crippen LogP contribution in [0.4, 0.5) is 14.5 Å². The topological polar surface area (TPSA) is 84.2 Å². The average Bonchev–Trinajstić information content (AvgIpc) is 2.52. The molecule has 0 heterocycles. The Hall–Kier alpha value is -2.80. The number of anilines is 1. The minimum absolute atomic E-state index is 0.117. The van der Waals surface area contributed by atoms with Gasteiger partial charge in [0.2, 0.25) is 11.8 Å². The van der Waals surface area contributed by atoms with E-state index in [9.17, 15) is 18.4 Å². The minimum atomic E-state index is -1.06. The van der Waals surface area contributed by atoms with Gasteiger partial charge in [-0.15, -0.1) is 0 Å². The van der Waals surface area contributed by atoms with Crippen LogP contribution in [0.15, 0.2) is 48.5 Å². The predicted molar refractivity (Wildman–Crippen MR) is 81.4 cm³/mol. The number of carbonyl (C=O) groups is 2. The van der Waals surface area contributed by atoms with E-state index in [0.29, 0.717) is 5.56 Å². The molecule has 5 nitrogen and oxygen atoms in total. The summed E-state index contributed by atoms with van der Waals surface area (Å²) in [5, 5.41) is 5.12. The van der Waals surface area contributed by atoms with Gasteiger partial charge in [0.05, 0.1) is 6.54 Å². The van der Waals surface area contributed by atoms with E-state index < -0.39 is 29.5 Å². The van der Waals surface area contributed by atoms with Crippen LogP contribution in [-0.4, -0.2) is 18.4 Å². The molecule has 2 aromatic rings. The maximum Gasteiger partial charge on any atom is 0.239 e. The molecule has 0 saturated carbocycles. The first-order chi connectivity index (χ1) is 11.0. The molecule has 7 heteroatoms. The smallest absolute Gasteiger partial charge is 0.239 e. The normalized spacial score (nSPS) is 11.7. The number of nitrogens with two attached hydrogens (primary N) is 1. The molecule has 2 rings (SSSR count). The second-order valence-electron chi connectivity index (χ2n) is 4.80. The summed E-state index contributed by atoms with van der Waals surface area (Å²) in [5.41, 5.74) is 6.06. The summed E-state index contributed by atoms with van der Waals surface area (Å²) in [6.07, 6.45) is 0. The van der Waals surface area contributed by atoms with Gasteiger partial charge in [-0.05, 0) is 17.7 Å². The Morgan fingerprint density at radius 1 is 1.04 bits per heavy atom. The first-order valence-electron chi connectivity index (χ1n) is 6.80. The third-order valence-corrected chi connectivity index (χ3v) is 3.09. The van der Waals surface area contributed by atoms with Gasteiger partial charge in [-0.1, -0.05) is 30.3 Å². The number of hydrogen-bond acceptors (Lipinski definition) is 3. The van der Waals surface area contributed by atoms with Crippen LogP contribution in [0.2, 0.25) is 0 Å². The fourth-order valence-corrected chi connectivity index (χ4v) is 2.00. The Morgan fingerprint density at radius 3 is 2.35 bits per heavy atom. The largest absolute Gasteiger partial charge is 0.368 e. The van der Waals surface area contributed by atoms with Gasteiger partial charge < -0.3 is 11.1 Å². The van der Waals surface area contributed by atoms with Crippen molar-refractivity contribution in [3.05, 3.63) is 65.7 Å². The molecule has 0 aromatic heterocycles. The fourth-order valence-electron chi connectivity index (χ4n) is 2.00. The summed E-state index contributed by atoms with van der Waals surface area (Å²) in [6, 6.07) is 10.9. The number of rotatable bonds is 6. The molecular weight excluding hydrogens is 304 g/mol. The lowest BCUT2D eigenvalue weighted by atomic mass is 10.1. The lowest BCUT2D eigenvalue weighted by Gasteiger charge is -2.15. The van der Waals surface area contributed by atoms with Crippen LogP contribution in [0.5, 0.6) is 0 Å². The first kappa shape index (κ1) is 16.6. The number of nitrogens with one attached hydrogen (secondary N) is 2. The number of halogens is 2. The standard InChI is InChI=1S/C16H15F2N3O2/c17-12-7-6-11(8-13(12)18)21-14(22)9-20-15(16(19)23)10-4-2-1-3-5-10/h1-8,15,20H,9H2,(H2,19,23)(H,21,22)/t15-/m0/s1. The first-order valence-corrected chi connectivity index (χ1v) is 6.80. The zero-order chi connectivity index (χ0) is 16.8. The predicted octanol–water partition coefficient (Wildman–Crippen LogP) is 1.72. The Balaban J connectivity index is 1.96. The average molecular weight is 319 g/mol. The highest BCUT2D eigenvalue weighted by Gasteiger charge is 2.18. The van der Waals surface area contributed by atoms with Gasteiger partial charge in [0, 0.05) is 11.8 Å². The summed E-state index contributed by atoms with van der Waals surface area (Å²) < 4.78 is 25.9. The zero-order valence-corrected chi connectivity index (χ0v) is 12.1. The van der Waals surface area contributed by atoms with Crippen molar-refractivity contribution in [3.8, 4) is 0 Å². The van der Waals surface area contributed by atoms with Crippen molar-refractivity contribution < 1.29 is 18.4 Å². The van der Waals surface area contributed by atoms with E-state index in [0.717, 1.165) is 12.1 Å². The minimum Gasteiger partial charge on any atom is -0.368 e. The van der Waals surface area contributed by atoms with Crippen LogP contribution in [0.3, 0.4) is 0 Å². The molecule has 0 aliphatic carbocycles. The van der Waals surface area contributed by atoms with E-state index in [1.165, 1.54) is 6.07 Å². The molecule has 2 aromatic carbocycles. The van der Waals surface area contributed by atoms with Crippen molar-refractivity contribution in [3.63, 3.8) is 0 Å². The molecule has 2 amide bonds. The summed E-state index contributed by atoms with van der Waals surface area (Å²) >= 11 is 0. The van der Waals surface area contributed by atoms with Crippen LogP contribution in [0.25, 0.3) is 0 Å². The van der Waals surface area contributed by atoms with Gasteiger partial charge in [-0.2, -0.15) is 0 Å². The number of benzene rings is 2. The van der Waals surface area contributed by atoms with Gasteiger partial charge >= 0.3 is 0 Å². The molecule has 0 fully saturated rings. The molecule has 4 N–H and O–H groups in total. The highest BCUT2D eigenvalue weighted by molar-refractivity contribution is 5.92. The Bertz CT molecular complexity index is 708. The van der Waals surface area contributed by atoms with Crippen molar-refractivity contribution in [2.45, 2.75) is 6.04 Å². The highest BCUT2D eigenvalue weighted by atomic mass is 19.2. The number of amides is 2. The van der Waals surface area contributed by atoms with Gasteiger partial charge in [0.25, 0.3) is 0 Å². The summed E-state index contributed by atoms with van der Waals surface area (Å²) in [5.74, 6) is -3.20. The molecule has 23 heavy (non-hydrogen) atoms. The summed E-state index contributed by atoms with van der Waals surface area (Å²) in [4.78, 5) is 23.3. The zero-order valence-electron chi connectivity index (χ0n) is 12.1. The third-order valence-electron chi connectivity index (χ3n) is 3.09. The van der Waals surface area contributed by atoms with Crippen molar-refractivity contribution in [1.82, 2.24) is 5.32 Å². The van der Waals surface area contributed by atoms with Gasteiger partial charge in [0.1, 0.15) is 6.04 Å². The van der Waals surface area contributed by atoms with Gasteiger partial charge in [-0.3, -0.25) is 14.9 Å². The summed E-state index contributed by atoms with van der Waals surface area (Å²) in [7, 11) is 0. The van der Waals surface area contributed by atoms with E-state index in [4.69, 9.17) is 5.73 Å². The Morgan fingerprint density at radius 2 is 1.74 bits per heavy atom. The monoisotopic (exact) mass is 319 g/mol. The lowest BCUT2D eigenvalue weighted by Crippen LogP contribution is -2.38. The molecule has 0 saturated heterocycles. The molecule has 0 spiro atoms. The second kappa shape index (κ2) is 7.46. The van der Waals surface area contributed by atoms with Crippen molar-refractivity contribution >= 4 is 17.5 Å². The molecular formula is C16H15F2N3O2. The van der Waals surface area contributed by atoms with E-state index in [1.807, 2.05) is 0 Å². The van der Waals surface area contributed by atoms with Crippen LogP contribution in [0, 0.1) is 11.6 Å². The fraction of sp³-hybridized carbons (Fsp3) is 0.125. The third kappa shape index (κ3) is 4.58. The number of hydrogen-bond donors (Lipinski definition) is 3. The SMILES string of the molecule is NC(=O)[C@@H](NCC(=O)Nc1ccc(F)c(F)c1)c1ccccc1. The molecule has 0 bridgehead atoms. The molecule has 0 unspecified atom stereocenters. The Kier molecular flexibility index (Phi) is 5.37. The van der Waals surface area contributed by atoms with Crippen molar-refractivity contribution in [1.29, 1.82) is 0 Å². The van der Waals surface area contributed by atoms with Crippen LogP contribution in [0.1, 0.15) is 11.6 Å². The quantitative estimate of drug-likeness (QED) is 0.758. The molecule has 1 atom stereocenters. The van der Waals surface area contributed by atoms with Crippen LogP contribution < -0.4 is 16.4 Å². The number of primary amides is 1. The van der Waals surface area contributed by atoms with E-state index >= 15 is 0 Å².